The summed E-state index contributed by atoms with van der Waals surface area (Å²) in [6.45, 7) is 3.86. The molecule has 0 aliphatic carbocycles. The van der Waals surface area contributed by atoms with Crippen molar-refractivity contribution in [1.82, 2.24) is 4.98 Å². The molecule has 0 saturated carbocycles. The molecule has 0 bridgehead atoms. The van der Waals surface area contributed by atoms with E-state index >= 15 is 0 Å². The van der Waals surface area contributed by atoms with Crippen molar-refractivity contribution >= 4 is 11.6 Å². The van der Waals surface area contributed by atoms with Crippen molar-refractivity contribution in [2.75, 3.05) is 7.11 Å². The molecule has 5 heteroatoms. The van der Waals surface area contributed by atoms with Gasteiger partial charge in [-0.1, -0.05) is 11.6 Å². The summed E-state index contributed by atoms with van der Waals surface area (Å²) in [5.74, 6) is 0.433. The van der Waals surface area contributed by atoms with Crippen LogP contribution in [0.3, 0.4) is 0 Å². The van der Waals surface area contributed by atoms with E-state index in [4.69, 9.17) is 22.1 Å². The SMILES string of the molecule is COc1c(C)cnc(CC(N)c2cc(Cl)ccc2F)c1C. The molecule has 0 aliphatic rings. The smallest absolute Gasteiger partial charge is 0.128 e. The average Bonchev–Trinajstić information content (AvgIpc) is 2.45. The van der Waals surface area contributed by atoms with Crippen LogP contribution in [-0.4, -0.2) is 12.1 Å². The van der Waals surface area contributed by atoms with E-state index in [0.29, 0.717) is 17.0 Å². The van der Waals surface area contributed by atoms with Crippen LogP contribution in [0.2, 0.25) is 5.02 Å². The number of methoxy groups -OCH3 is 1. The molecule has 0 radical (unpaired) electrons. The average molecular weight is 309 g/mol. The number of benzene rings is 1. The topological polar surface area (TPSA) is 48.1 Å². The summed E-state index contributed by atoms with van der Waals surface area (Å²) in [4.78, 5) is 4.39. The predicted octanol–water partition coefficient (Wildman–Crippen LogP) is 3.74. The highest BCUT2D eigenvalue weighted by Crippen LogP contribution is 2.28. The number of aryl methyl sites for hydroxylation is 1. The van der Waals surface area contributed by atoms with Crippen LogP contribution in [0.1, 0.15) is 28.4 Å². The minimum Gasteiger partial charge on any atom is -0.496 e. The van der Waals surface area contributed by atoms with Gasteiger partial charge in [0.25, 0.3) is 0 Å². The maximum atomic E-state index is 13.8. The lowest BCUT2D eigenvalue weighted by atomic mass is 9.99. The van der Waals surface area contributed by atoms with Crippen molar-refractivity contribution in [3.8, 4) is 5.75 Å². The van der Waals surface area contributed by atoms with Crippen molar-refractivity contribution in [3.05, 3.63) is 57.6 Å². The Balaban J connectivity index is 2.32. The fourth-order valence-corrected chi connectivity index (χ4v) is 2.57. The van der Waals surface area contributed by atoms with E-state index in [1.54, 1.807) is 19.4 Å². The third-order valence-corrected chi connectivity index (χ3v) is 3.76. The summed E-state index contributed by atoms with van der Waals surface area (Å²) >= 11 is 5.91. The van der Waals surface area contributed by atoms with Crippen molar-refractivity contribution < 1.29 is 9.13 Å². The highest BCUT2D eigenvalue weighted by atomic mass is 35.5. The molecule has 21 heavy (non-hydrogen) atoms. The van der Waals surface area contributed by atoms with Gasteiger partial charge in [-0.25, -0.2) is 4.39 Å². The first-order valence-corrected chi connectivity index (χ1v) is 7.01. The third kappa shape index (κ3) is 3.34. The van der Waals surface area contributed by atoms with Crippen LogP contribution < -0.4 is 10.5 Å². The Bertz CT molecular complexity index is 661. The minimum absolute atomic E-state index is 0.358. The molecule has 3 nitrogen and oxygen atoms in total. The van der Waals surface area contributed by atoms with Gasteiger partial charge >= 0.3 is 0 Å². The molecule has 0 aliphatic heterocycles. The largest absolute Gasteiger partial charge is 0.496 e. The van der Waals surface area contributed by atoms with E-state index < -0.39 is 6.04 Å². The van der Waals surface area contributed by atoms with Gasteiger partial charge in [-0.3, -0.25) is 4.98 Å². The fraction of sp³-hybridized carbons (Fsp3) is 0.312. The van der Waals surface area contributed by atoms with Crippen LogP contribution in [0.15, 0.2) is 24.4 Å². The molecule has 112 valence electrons. The summed E-state index contributed by atoms with van der Waals surface area (Å²) < 4.78 is 19.2. The zero-order valence-corrected chi connectivity index (χ0v) is 13.0. The number of ether oxygens (including phenoxy) is 1. The lowest BCUT2D eigenvalue weighted by Gasteiger charge is -2.16. The highest BCUT2D eigenvalue weighted by Gasteiger charge is 2.17. The molecule has 1 aromatic carbocycles. The van der Waals surface area contributed by atoms with Gasteiger partial charge in [-0.2, -0.15) is 0 Å². The summed E-state index contributed by atoms with van der Waals surface area (Å²) in [7, 11) is 1.62. The Morgan fingerprint density at radius 1 is 1.38 bits per heavy atom. The lowest BCUT2D eigenvalue weighted by Crippen LogP contribution is -2.17. The maximum absolute atomic E-state index is 13.8. The van der Waals surface area contributed by atoms with Gasteiger partial charge in [0.2, 0.25) is 0 Å². The van der Waals surface area contributed by atoms with Crippen LogP contribution in [-0.2, 0) is 6.42 Å². The van der Waals surface area contributed by atoms with Crippen molar-refractivity contribution in [2.45, 2.75) is 26.3 Å². The first-order chi connectivity index (χ1) is 9.93. The van der Waals surface area contributed by atoms with Crippen LogP contribution in [0, 0.1) is 19.7 Å². The summed E-state index contributed by atoms with van der Waals surface area (Å²) in [5, 5.41) is 0.466. The highest BCUT2D eigenvalue weighted by molar-refractivity contribution is 6.30. The molecule has 2 N–H and O–H groups in total. The second-order valence-electron chi connectivity index (χ2n) is 5.02. The third-order valence-electron chi connectivity index (χ3n) is 3.52. The van der Waals surface area contributed by atoms with Crippen molar-refractivity contribution in [1.29, 1.82) is 0 Å². The van der Waals surface area contributed by atoms with Crippen LogP contribution in [0.25, 0.3) is 0 Å². The van der Waals surface area contributed by atoms with E-state index in [-0.39, 0.29) is 5.82 Å². The molecule has 0 fully saturated rings. The number of hydrogen-bond acceptors (Lipinski definition) is 3. The predicted molar refractivity (Wildman–Crippen MR) is 82.3 cm³/mol. The molecule has 2 aromatic rings. The van der Waals surface area contributed by atoms with Crippen LogP contribution >= 0.6 is 11.6 Å². The monoisotopic (exact) mass is 308 g/mol. The maximum Gasteiger partial charge on any atom is 0.128 e. The van der Waals surface area contributed by atoms with Gasteiger partial charge in [0.1, 0.15) is 11.6 Å². The van der Waals surface area contributed by atoms with Gasteiger partial charge in [0.15, 0.2) is 0 Å². The molecule has 0 saturated heterocycles. The van der Waals surface area contributed by atoms with Crippen molar-refractivity contribution in [2.24, 2.45) is 5.73 Å². The lowest BCUT2D eigenvalue weighted by molar-refractivity contribution is 0.406. The van der Waals surface area contributed by atoms with E-state index in [1.165, 1.54) is 12.1 Å². The van der Waals surface area contributed by atoms with E-state index in [0.717, 1.165) is 22.6 Å². The van der Waals surface area contributed by atoms with Gasteiger partial charge < -0.3 is 10.5 Å². The summed E-state index contributed by atoms with van der Waals surface area (Å²) in [5.41, 5.74) is 9.19. The van der Waals surface area contributed by atoms with E-state index in [9.17, 15) is 4.39 Å². The Kier molecular flexibility index (Phi) is 4.80. The number of nitrogens with two attached hydrogens (primary N) is 1. The Hall–Kier alpha value is -1.65. The quantitative estimate of drug-likeness (QED) is 0.936. The molecule has 1 atom stereocenters. The Labute approximate surface area is 128 Å². The van der Waals surface area contributed by atoms with Crippen molar-refractivity contribution in [3.63, 3.8) is 0 Å². The second kappa shape index (κ2) is 6.41. The number of rotatable bonds is 4. The number of halogens is 2. The fourth-order valence-electron chi connectivity index (χ4n) is 2.39. The number of nitrogens with zero attached hydrogens (tertiary/aromatic N) is 1. The summed E-state index contributed by atoms with van der Waals surface area (Å²) in [6.07, 6.45) is 2.15. The van der Waals surface area contributed by atoms with Crippen LogP contribution in [0.4, 0.5) is 4.39 Å². The molecule has 0 amide bonds. The van der Waals surface area contributed by atoms with Gasteiger partial charge in [-0.15, -0.1) is 0 Å². The normalized spacial score (nSPS) is 12.3. The summed E-state index contributed by atoms with van der Waals surface area (Å²) in [6, 6.07) is 3.88. The second-order valence-corrected chi connectivity index (χ2v) is 5.46. The Morgan fingerprint density at radius 2 is 2.10 bits per heavy atom. The van der Waals surface area contributed by atoms with Gasteiger partial charge in [0, 0.05) is 46.1 Å². The molecule has 1 aromatic heterocycles. The van der Waals surface area contributed by atoms with Crippen LogP contribution in [0.5, 0.6) is 5.75 Å². The number of hydrogen-bond donors (Lipinski definition) is 1. The zero-order valence-electron chi connectivity index (χ0n) is 12.3. The van der Waals surface area contributed by atoms with Gasteiger partial charge in [-0.05, 0) is 32.0 Å². The van der Waals surface area contributed by atoms with Gasteiger partial charge in [0.05, 0.1) is 7.11 Å². The first-order valence-electron chi connectivity index (χ1n) is 6.63. The molecular formula is C16H18ClFN2O. The number of pyridine rings is 1. The molecule has 0 spiro atoms. The van der Waals surface area contributed by atoms with E-state index in [1.807, 2.05) is 13.8 Å². The zero-order chi connectivity index (χ0) is 15.6. The molecular weight excluding hydrogens is 291 g/mol. The Morgan fingerprint density at radius 3 is 2.76 bits per heavy atom. The number of aromatic nitrogens is 1. The molecule has 1 heterocycles. The first kappa shape index (κ1) is 15.7. The standard InChI is InChI=1S/C16H18ClFN2O/c1-9-8-20-15(10(2)16(9)21-3)7-14(19)12-6-11(17)4-5-13(12)18/h4-6,8,14H,7,19H2,1-3H3. The minimum atomic E-state index is -0.512. The van der Waals surface area contributed by atoms with E-state index in [2.05, 4.69) is 4.98 Å². The molecule has 2 rings (SSSR count). The molecule has 1 unspecified atom stereocenters.